The zero-order valence-corrected chi connectivity index (χ0v) is 20.9. The minimum absolute atomic E-state index is 0.0505. The molecule has 38 heavy (non-hydrogen) atoms. The number of fused-ring (bicyclic) bond motifs is 1. The minimum atomic E-state index is -0.637. The van der Waals surface area contributed by atoms with Gasteiger partial charge in [-0.3, -0.25) is 9.48 Å². The first-order valence-corrected chi connectivity index (χ1v) is 11.9. The molecule has 0 radical (unpaired) electrons. The molecule has 2 heterocycles. The number of aromatic amines is 1. The second-order valence-corrected chi connectivity index (χ2v) is 8.46. The normalized spacial score (nSPS) is 11.0. The monoisotopic (exact) mass is 515 g/mol. The second-order valence-electron chi connectivity index (χ2n) is 8.46. The number of carbonyl (C=O) groups is 1. The maximum Gasteiger partial charge on any atom is 0.256 e. The fourth-order valence-electron chi connectivity index (χ4n) is 3.95. The van der Waals surface area contributed by atoms with Gasteiger partial charge in [0.2, 0.25) is 0 Å². The lowest BCUT2D eigenvalue weighted by Crippen LogP contribution is -2.13. The summed E-state index contributed by atoms with van der Waals surface area (Å²) in [5.74, 6) is 0.576. The Balaban J connectivity index is 1.42. The van der Waals surface area contributed by atoms with Gasteiger partial charge in [0.05, 0.1) is 31.3 Å². The van der Waals surface area contributed by atoms with Gasteiger partial charge in [-0.25, -0.2) is 9.37 Å². The SMILES string of the molecule is COCCOc1ccc(C(=O)Nc2cc(-c3nc4ccccc4[nH]3)n(Cc3ccc(OC)cc3)n2)cc1F. The lowest BCUT2D eigenvalue weighted by molar-refractivity contribution is 0.102. The molecule has 0 aliphatic rings. The van der Waals surface area contributed by atoms with Crippen LogP contribution in [0.25, 0.3) is 22.6 Å². The Hall–Kier alpha value is -4.70. The molecule has 1 amide bonds. The molecule has 2 N–H and O–H groups in total. The molecular weight excluding hydrogens is 489 g/mol. The Morgan fingerprint density at radius 2 is 1.84 bits per heavy atom. The number of amides is 1. The van der Waals surface area contributed by atoms with Gasteiger partial charge in [-0.1, -0.05) is 24.3 Å². The van der Waals surface area contributed by atoms with Crippen LogP contribution in [0.2, 0.25) is 0 Å². The Morgan fingerprint density at radius 3 is 2.58 bits per heavy atom. The number of para-hydroxylation sites is 2. The van der Waals surface area contributed by atoms with E-state index in [0.717, 1.165) is 28.4 Å². The number of rotatable bonds is 10. The van der Waals surface area contributed by atoms with Gasteiger partial charge in [0.25, 0.3) is 5.91 Å². The topological polar surface area (TPSA) is 103 Å². The van der Waals surface area contributed by atoms with Gasteiger partial charge >= 0.3 is 0 Å². The molecule has 0 aliphatic carbocycles. The number of methoxy groups -OCH3 is 2. The lowest BCUT2D eigenvalue weighted by atomic mass is 10.2. The highest BCUT2D eigenvalue weighted by atomic mass is 19.1. The largest absolute Gasteiger partial charge is 0.497 e. The zero-order valence-electron chi connectivity index (χ0n) is 20.9. The molecule has 194 valence electrons. The van der Waals surface area contributed by atoms with Crippen molar-refractivity contribution in [3.8, 4) is 23.0 Å². The highest BCUT2D eigenvalue weighted by molar-refractivity contribution is 6.04. The number of halogens is 1. The van der Waals surface area contributed by atoms with E-state index in [0.29, 0.717) is 30.5 Å². The van der Waals surface area contributed by atoms with Crippen LogP contribution in [0.4, 0.5) is 10.2 Å². The van der Waals surface area contributed by atoms with Crippen molar-refractivity contribution in [3.63, 3.8) is 0 Å². The number of ether oxygens (including phenoxy) is 3. The van der Waals surface area contributed by atoms with Crippen LogP contribution in [0, 0.1) is 5.82 Å². The number of hydrogen-bond donors (Lipinski definition) is 2. The van der Waals surface area contributed by atoms with Gasteiger partial charge in [0.15, 0.2) is 23.2 Å². The average Bonchev–Trinajstić information content (AvgIpc) is 3.53. The summed E-state index contributed by atoms with van der Waals surface area (Å²) in [4.78, 5) is 20.9. The van der Waals surface area contributed by atoms with Crippen molar-refractivity contribution in [3.05, 3.63) is 89.7 Å². The summed E-state index contributed by atoms with van der Waals surface area (Å²) >= 11 is 0. The van der Waals surface area contributed by atoms with E-state index < -0.39 is 11.7 Å². The van der Waals surface area contributed by atoms with Crippen molar-refractivity contribution >= 4 is 22.8 Å². The summed E-state index contributed by atoms with van der Waals surface area (Å²) in [5.41, 5.74) is 3.49. The molecule has 3 aromatic carbocycles. The molecule has 0 aliphatic heterocycles. The van der Waals surface area contributed by atoms with Gasteiger partial charge in [-0.2, -0.15) is 5.10 Å². The summed E-state index contributed by atoms with van der Waals surface area (Å²) in [7, 11) is 3.15. The standard InChI is InChI=1S/C28H26FN5O4/c1-36-13-14-38-25-12-9-19(15-21(25)29)28(35)32-26-16-24(27-30-22-5-3-4-6-23(22)31-27)34(33-26)17-18-7-10-20(37-2)11-8-18/h3-12,15-16H,13-14,17H2,1-2H3,(H,30,31)(H,32,33,35). The third-order valence-electron chi connectivity index (χ3n) is 5.88. The highest BCUT2D eigenvalue weighted by Crippen LogP contribution is 2.25. The number of anilines is 1. The molecule has 0 spiro atoms. The van der Waals surface area contributed by atoms with E-state index >= 15 is 0 Å². The first-order valence-electron chi connectivity index (χ1n) is 11.9. The summed E-state index contributed by atoms with van der Waals surface area (Å²) in [6, 6.07) is 21.1. The number of hydrogen-bond acceptors (Lipinski definition) is 6. The molecule has 0 saturated carbocycles. The van der Waals surface area contributed by atoms with Crippen molar-refractivity contribution in [2.45, 2.75) is 6.54 Å². The van der Waals surface area contributed by atoms with Crippen molar-refractivity contribution in [2.75, 3.05) is 32.8 Å². The number of imidazole rings is 1. The molecule has 0 bridgehead atoms. The summed E-state index contributed by atoms with van der Waals surface area (Å²) < 4.78 is 31.7. The van der Waals surface area contributed by atoms with Gasteiger partial charge < -0.3 is 24.5 Å². The second kappa shape index (κ2) is 11.1. The summed E-state index contributed by atoms with van der Waals surface area (Å²) in [6.07, 6.45) is 0. The number of nitrogens with one attached hydrogen (secondary N) is 2. The van der Waals surface area contributed by atoms with Crippen LogP contribution >= 0.6 is 0 Å². The quantitative estimate of drug-likeness (QED) is 0.257. The lowest BCUT2D eigenvalue weighted by Gasteiger charge is -2.08. The fraction of sp³-hybridized carbons (Fsp3) is 0.179. The van der Waals surface area contributed by atoms with E-state index in [9.17, 15) is 9.18 Å². The Morgan fingerprint density at radius 1 is 1.03 bits per heavy atom. The molecule has 10 heteroatoms. The third kappa shape index (κ3) is 5.50. The van der Waals surface area contributed by atoms with Crippen molar-refractivity contribution in [1.82, 2.24) is 19.7 Å². The van der Waals surface area contributed by atoms with E-state index in [2.05, 4.69) is 15.4 Å². The predicted octanol–water partition coefficient (Wildman–Crippen LogP) is 4.90. The minimum Gasteiger partial charge on any atom is -0.497 e. The molecule has 0 saturated heterocycles. The van der Waals surface area contributed by atoms with E-state index in [-0.39, 0.29) is 17.9 Å². The van der Waals surface area contributed by atoms with Gasteiger partial charge in [0.1, 0.15) is 18.1 Å². The van der Waals surface area contributed by atoms with Gasteiger partial charge in [-0.05, 0) is 48.0 Å². The number of aromatic nitrogens is 4. The van der Waals surface area contributed by atoms with Crippen LogP contribution in [0.1, 0.15) is 15.9 Å². The first-order chi connectivity index (χ1) is 18.5. The van der Waals surface area contributed by atoms with Crippen LogP contribution in [0.5, 0.6) is 11.5 Å². The van der Waals surface area contributed by atoms with Crippen LogP contribution in [-0.4, -0.2) is 53.1 Å². The van der Waals surface area contributed by atoms with Crippen molar-refractivity contribution in [1.29, 1.82) is 0 Å². The first kappa shape index (κ1) is 25.0. The summed E-state index contributed by atoms with van der Waals surface area (Å²) in [6.45, 7) is 0.956. The number of H-pyrrole nitrogens is 1. The van der Waals surface area contributed by atoms with E-state index in [1.807, 2.05) is 48.5 Å². The van der Waals surface area contributed by atoms with Crippen LogP contribution < -0.4 is 14.8 Å². The fourth-order valence-corrected chi connectivity index (χ4v) is 3.95. The average molecular weight is 516 g/mol. The molecule has 5 rings (SSSR count). The summed E-state index contributed by atoms with van der Waals surface area (Å²) in [5, 5.41) is 7.38. The van der Waals surface area contributed by atoms with Crippen molar-refractivity contribution in [2.24, 2.45) is 0 Å². The molecule has 5 aromatic rings. The molecule has 0 unspecified atom stereocenters. The number of benzene rings is 3. The number of carbonyl (C=O) groups excluding carboxylic acids is 1. The molecular formula is C28H26FN5O4. The Bertz CT molecular complexity index is 1530. The maximum atomic E-state index is 14.5. The Kier molecular flexibility index (Phi) is 7.32. The molecule has 2 aromatic heterocycles. The van der Waals surface area contributed by atoms with Crippen LogP contribution in [0.3, 0.4) is 0 Å². The van der Waals surface area contributed by atoms with Crippen LogP contribution in [-0.2, 0) is 11.3 Å². The van der Waals surface area contributed by atoms with E-state index in [1.54, 1.807) is 17.9 Å². The molecule has 0 fully saturated rings. The van der Waals surface area contributed by atoms with Crippen molar-refractivity contribution < 1.29 is 23.4 Å². The zero-order chi connectivity index (χ0) is 26.5. The van der Waals surface area contributed by atoms with Crippen LogP contribution in [0.15, 0.2) is 72.8 Å². The molecule has 9 nitrogen and oxygen atoms in total. The maximum absolute atomic E-state index is 14.5. The molecule has 0 atom stereocenters. The van der Waals surface area contributed by atoms with Gasteiger partial charge in [0, 0.05) is 18.7 Å². The van der Waals surface area contributed by atoms with E-state index in [4.69, 9.17) is 19.2 Å². The highest BCUT2D eigenvalue weighted by Gasteiger charge is 2.17. The third-order valence-corrected chi connectivity index (χ3v) is 5.88. The van der Waals surface area contributed by atoms with E-state index in [1.165, 1.54) is 19.2 Å². The number of nitrogens with zero attached hydrogens (tertiary/aromatic N) is 3. The predicted molar refractivity (Wildman–Crippen MR) is 141 cm³/mol. The van der Waals surface area contributed by atoms with Gasteiger partial charge in [-0.15, -0.1) is 0 Å². The smallest absolute Gasteiger partial charge is 0.256 e. The Labute approximate surface area is 218 Å².